The Kier molecular flexibility index (Phi) is 5.92. The zero-order valence-electron chi connectivity index (χ0n) is 12.6. The summed E-state index contributed by atoms with van der Waals surface area (Å²) in [5, 5.41) is 14.2. The van der Waals surface area contributed by atoms with E-state index in [0.29, 0.717) is 33.6 Å². The Morgan fingerprint density at radius 2 is 1.90 bits per heavy atom. The second-order valence-electron chi connectivity index (χ2n) is 5.72. The van der Waals surface area contributed by atoms with Crippen molar-refractivity contribution in [2.45, 2.75) is 34.6 Å². The molecule has 0 atom stereocenters. The molecule has 0 aliphatic rings. The molecule has 1 aromatic heterocycles. The first-order valence-corrected chi connectivity index (χ1v) is 7.58. The molecule has 0 unspecified atom stereocenters. The first kappa shape index (κ1) is 16.9. The lowest BCUT2D eigenvalue weighted by molar-refractivity contribution is -0.385. The zero-order valence-corrected chi connectivity index (χ0v) is 14.2. The topological polar surface area (TPSA) is 68.1 Å². The van der Waals surface area contributed by atoms with Gasteiger partial charge in [0.2, 0.25) is 0 Å². The lowest BCUT2D eigenvalue weighted by Crippen LogP contribution is -2.25. The summed E-state index contributed by atoms with van der Waals surface area (Å²) >= 11 is 3.39. The molecule has 0 radical (unpaired) electrons. The molecular weight excluding hydrogens is 322 g/mol. The summed E-state index contributed by atoms with van der Waals surface area (Å²) in [7, 11) is 0. The van der Waals surface area contributed by atoms with Gasteiger partial charge in [-0.3, -0.25) is 10.1 Å². The molecular formula is C14H22BrN3O2. The van der Waals surface area contributed by atoms with Crippen LogP contribution in [0.4, 0.5) is 11.5 Å². The van der Waals surface area contributed by atoms with Crippen molar-refractivity contribution in [3.63, 3.8) is 0 Å². The minimum atomic E-state index is -0.415. The Balaban J connectivity index is 2.89. The summed E-state index contributed by atoms with van der Waals surface area (Å²) < 4.78 is 0.665. The average Bonchev–Trinajstić information content (AvgIpc) is 2.33. The minimum Gasteiger partial charge on any atom is -0.369 e. The summed E-state index contributed by atoms with van der Waals surface area (Å²) in [6.45, 7) is 11.3. The van der Waals surface area contributed by atoms with Crippen LogP contribution >= 0.6 is 15.9 Å². The van der Waals surface area contributed by atoms with Gasteiger partial charge in [0.1, 0.15) is 12.0 Å². The number of hydrogen-bond donors (Lipinski definition) is 1. The number of halogens is 1. The van der Waals surface area contributed by atoms with E-state index >= 15 is 0 Å². The van der Waals surface area contributed by atoms with E-state index in [1.807, 2.05) is 0 Å². The monoisotopic (exact) mass is 343 g/mol. The Hall–Kier alpha value is -1.17. The third-order valence-corrected chi connectivity index (χ3v) is 4.62. The predicted octanol–water partition coefficient (Wildman–Crippen LogP) is 4.40. The van der Waals surface area contributed by atoms with Gasteiger partial charge in [0.15, 0.2) is 0 Å². The van der Waals surface area contributed by atoms with Crippen LogP contribution in [0.3, 0.4) is 0 Å². The fourth-order valence-electron chi connectivity index (χ4n) is 2.33. The van der Waals surface area contributed by atoms with Crippen molar-refractivity contribution in [1.29, 1.82) is 0 Å². The number of rotatable bonds is 6. The quantitative estimate of drug-likeness (QED) is 0.613. The molecule has 0 aromatic carbocycles. The second-order valence-corrected chi connectivity index (χ2v) is 6.51. The smallest absolute Gasteiger partial charge is 0.291 e. The minimum absolute atomic E-state index is 0.0340. The molecule has 0 bridgehead atoms. The van der Waals surface area contributed by atoms with Gasteiger partial charge in [-0.05, 0) is 40.6 Å². The molecule has 0 saturated heterocycles. The molecule has 0 amide bonds. The molecule has 1 N–H and O–H groups in total. The first-order chi connectivity index (χ1) is 9.25. The van der Waals surface area contributed by atoms with E-state index in [1.165, 1.54) is 6.20 Å². The van der Waals surface area contributed by atoms with Gasteiger partial charge in [-0.1, -0.05) is 27.7 Å². The standard InChI is InChI=1S/C14H22BrN3O2/c1-8(2)11(9(3)4)6-16-14-13(15)10(5)12(7-17-14)18(19)20/h7-9,11H,6H2,1-5H3,(H,16,17). The molecule has 0 saturated carbocycles. The van der Waals surface area contributed by atoms with Crippen LogP contribution in [0.2, 0.25) is 0 Å². The number of pyridine rings is 1. The highest BCUT2D eigenvalue weighted by molar-refractivity contribution is 9.10. The maximum Gasteiger partial charge on any atom is 0.291 e. The van der Waals surface area contributed by atoms with E-state index in [1.54, 1.807) is 6.92 Å². The van der Waals surface area contributed by atoms with Crippen molar-refractivity contribution >= 4 is 27.4 Å². The summed E-state index contributed by atoms with van der Waals surface area (Å²) in [5.41, 5.74) is 0.629. The number of aromatic nitrogens is 1. The van der Waals surface area contributed by atoms with Crippen LogP contribution in [0.15, 0.2) is 10.7 Å². The largest absolute Gasteiger partial charge is 0.369 e. The average molecular weight is 344 g/mol. The molecule has 0 aliphatic heterocycles. The van der Waals surface area contributed by atoms with E-state index in [0.717, 1.165) is 6.54 Å². The summed E-state index contributed by atoms with van der Waals surface area (Å²) in [6, 6.07) is 0. The van der Waals surface area contributed by atoms with E-state index in [2.05, 4.69) is 53.9 Å². The van der Waals surface area contributed by atoms with E-state index in [-0.39, 0.29) is 5.69 Å². The van der Waals surface area contributed by atoms with Gasteiger partial charge < -0.3 is 5.32 Å². The fourth-order valence-corrected chi connectivity index (χ4v) is 2.78. The van der Waals surface area contributed by atoms with Gasteiger partial charge in [-0.25, -0.2) is 4.98 Å². The van der Waals surface area contributed by atoms with Gasteiger partial charge in [-0.2, -0.15) is 0 Å². The van der Waals surface area contributed by atoms with Gasteiger partial charge in [0.25, 0.3) is 5.69 Å². The third kappa shape index (κ3) is 3.91. The van der Waals surface area contributed by atoms with Crippen molar-refractivity contribution in [2.24, 2.45) is 17.8 Å². The van der Waals surface area contributed by atoms with E-state index < -0.39 is 4.92 Å². The molecule has 1 aromatic rings. The molecule has 20 heavy (non-hydrogen) atoms. The number of nitro groups is 1. The molecule has 1 heterocycles. The lowest BCUT2D eigenvalue weighted by Gasteiger charge is -2.25. The molecule has 0 aliphatic carbocycles. The first-order valence-electron chi connectivity index (χ1n) is 6.79. The molecule has 6 heteroatoms. The van der Waals surface area contributed by atoms with Crippen LogP contribution in [0, 0.1) is 34.8 Å². The lowest BCUT2D eigenvalue weighted by atomic mass is 9.85. The van der Waals surface area contributed by atoms with E-state index in [4.69, 9.17) is 0 Å². The van der Waals surface area contributed by atoms with Crippen molar-refractivity contribution in [2.75, 3.05) is 11.9 Å². The van der Waals surface area contributed by atoms with E-state index in [9.17, 15) is 10.1 Å². The Morgan fingerprint density at radius 1 is 1.35 bits per heavy atom. The Labute approximate surface area is 128 Å². The van der Waals surface area contributed by atoms with Crippen LogP contribution in [-0.2, 0) is 0 Å². The van der Waals surface area contributed by atoms with Gasteiger partial charge >= 0.3 is 0 Å². The van der Waals surface area contributed by atoms with Crippen molar-refractivity contribution in [3.8, 4) is 0 Å². The highest BCUT2D eigenvalue weighted by atomic mass is 79.9. The summed E-state index contributed by atoms with van der Waals surface area (Å²) in [5.74, 6) is 2.33. The molecule has 0 spiro atoms. The Morgan fingerprint density at radius 3 is 2.35 bits per heavy atom. The second kappa shape index (κ2) is 7.02. The molecule has 5 nitrogen and oxygen atoms in total. The maximum absolute atomic E-state index is 10.9. The number of hydrogen-bond acceptors (Lipinski definition) is 4. The van der Waals surface area contributed by atoms with Gasteiger partial charge in [0, 0.05) is 12.1 Å². The van der Waals surface area contributed by atoms with Crippen LogP contribution < -0.4 is 5.32 Å². The number of nitrogens with zero attached hydrogens (tertiary/aromatic N) is 2. The van der Waals surface area contributed by atoms with Crippen LogP contribution in [0.1, 0.15) is 33.3 Å². The SMILES string of the molecule is Cc1c([N+](=O)[O-])cnc(NCC(C(C)C)C(C)C)c1Br. The summed E-state index contributed by atoms with van der Waals surface area (Å²) in [6.07, 6.45) is 1.31. The highest BCUT2D eigenvalue weighted by Crippen LogP contribution is 2.31. The Bertz CT molecular complexity index is 482. The maximum atomic E-state index is 10.9. The molecule has 1 rings (SSSR count). The van der Waals surface area contributed by atoms with Gasteiger partial charge in [0.05, 0.1) is 9.40 Å². The number of anilines is 1. The third-order valence-electron chi connectivity index (χ3n) is 3.65. The summed E-state index contributed by atoms with van der Waals surface area (Å²) in [4.78, 5) is 14.6. The predicted molar refractivity (Wildman–Crippen MR) is 85.0 cm³/mol. The number of nitrogens with one attached hydrogen (secondary N) is 1. The van der Waals surface area contributed by atoms with Crippen molar-refractivity contribution < 1.29 is 4.92 Å². The molecule has 112 valence electrons. The molecule has 0 fully saturated rings. The fraction of sp³-hybridized carbons (Fsp3) is 0.643. The van der Waals surface area contributed by atoms with Crippen LogP contribution in [0.5, 0.6) is 0 Å². The van der Waals surface area contributed by atoms with Crippen LogP contribution in [0.25, 0.3) is 0 Å². The zero-order chi connectivity index (χ0) is 15.4. The van der Waals surface area contributed by atoms with Gasteiger partial charge in [-0.15, -0.1) is 0 Å². The normalized spacial score (nSPS) is 11.4. The van der Waals surface area contributed by atoms with Crippen molar-refractivity contribution in [3.05, 3.63) is 26.3 Å². The van der Waals surface area contributed by atoms with Crippen molar-refractivity contribution in [1.82, 2.24) is 4.98 Å². The van der Waals surface area contributed by atoms with Crippen LogP contribution in [-0.4, -0.2) is 16.5 Å². The highest BCUT2D eigenvalue weighted by Gasteiger charge is 2.20.